The van der Waals surface area contributed by atoms with Crippen molar-refractivity contribution < 1.29 is 19.1 Å². The van der Waals surface area contributed by atoms with Crippen LogP contribution in [0.5, 0.6) is 0 Å². The SMILES string of the molecule is CC(C)C(OCC1CCCO1)C(=O)Nc1cc(N2CCCC2=O)ccc1Cl. The second kappa shape index (κ2) is 9.04. The van der Waals surface area contributed by atoms with Crippen LogP contribution in [0.2, 0.25) is 5.02 Å². The number of hydrogen-bond donors (Lipinski definition) is 1. The molecule has 0 bridgehead atoms. The lowest BCUT2D eigenvalue weighted by Crippen LogP contribution is -2.37. The van der Waals surface area contributed by atoms with E-state index in [1.165, 1.54) is 0 Å². The van der Waals surface area contributed by atoms with Gasteiger partial charge in [-0.1, -0.05) is 25.4 Å². The molecule has 6 nitrogen and oxygen atoms in total. The maximum atomic E-state index is 12.8. The summed E-state index contributed by atoms with van der Waals surface area (Å²) in [6, 6.07) is 5.26. The summed E-state index contributed by atoms with van der Waals surface area (Å²) in [5.41, 5.74) is 1.24. The fraction of sp³-hybridized carbons (Fsp3) is 0.600. The highest BCUT2D eigenvalue weighted by atomic mass is 35.5. The summed E-state index contributed by atoms with van der Waals surface area (Å²) in [5.74, 6) is -0.141. The van der Waals surface area contributed by atoms with Crippen LogP contribution in [0, 0.1) is 5.92 Å². The van der Waals surface area contributed by atoms with Gasteiger partial charge in [0.05, 0.1) is 23.4 Å². The molecule has 7 heteroatoms. The van der Waals surface area contributed by atoms with Crippen LogP contribution in [0.15, 0.2) is 18.2 Å². The summed E-state index contributed by atoms with van der Waals surface area (Å²) >= 11 is 6.27. The molecular formula is C20H27ClN2O4. The summed E-state index contributed by atoms with van der Waals surface area (Å²) in [6.07, 6.45) is 2.86. The van der Waals surface area contributed by atoms with E-state index in [0.29, 0.717) is 30.3 Å². The summed E-state index contributed by atoms with van der Waals surface area (Å²) in [4.78, 5) is 26.5. The Morgan fingerprint density at radius 2 is 2.22 bits per heavy atom. The monoisotopic (exact) mass is 394 g/mol. The first-order valence-electron chi connectivity index (χ1n) is 9.59. The summed E-state index contributed by atoms with van der Waals surface area (Å²) in [6.45, 7) is 5.74. The standard InChI is InChI=1S/C20H27ClN2O4/c1-13(2)19(27-12-15-5-4-10-26-15)20(25)22-17-11-14(7-8-16(17)21)23-9-3-6-18(23)24/h7-8,11,13,15,19H,3-6,9-10,12H2,1-2H3,(H,22,25). The molecule has 2 heterocycles. The van der Waals surface area contributed by atoms with Gasteiger partial charge in [0.1, 0.15) is 6.10 Å². The Labute approximate surface area is 165 Å². The van der Waals surface area contributed by atoms with Crippen LogP contribution in [0.4, 0.5) is 11.4 Å². The van der Waals surface area contributed by atoms with Crippen LogP contribution in [0.1, 0.15) is 39.5 Å². The first kappa shape index (κ1) is 20.1. The van der Waals surface area contributed by atoms with Crippen molar-refractivity contribution in [3.8, 4) is 0 Å². The summed E-state index contributed by atoms with van der Waals surface area (Å²) in [5, 5.41) is 3.30. The number of hydrogen-bond acceptors (Lipinski definition) is 4. The predicted molar refractivity (Wildman–Crippen MR) is 105 cm³/mol. The van der Waals surface area contributed by atoms with E-state index in [9.17, 15) is 9.59 Å². The topological polar surface area (TPSA) is 67.9 Å². The van der Waals surface area contributed by atoms with Gasteiger partial charge in [0, 0.05) is 25.3 Å². The maximum Gasteiger partial charge on any atom is 0.253 e. The molecule has 1 aromatic carbocycles. The fourth-order valence-electron chi connectivity index (χ4n) is 3.46. The largest absolute Gasteiger partial charge is 0.376 e. The minimum Gasteiger partial charge on any atom is -0.376 e. The fourth-order valence-corrected chi connectivity index (χ4v) is 3.62. The van der Waals surface area contributed by atoms with Gasteiger partial charge in [0.15, 0.2) is 0 Å². The molecule has 2 saturated heterocycles. The number of carbonyl (C=O) groups is 2. The maximum absolute atomic E-state index is 12.8. The first-order valence-corrected chi connectivity index (χ1v) is 9.97. The third kappa shape index (κ3) is 5.00. The summed E-state index contributed by atoms with van der Waals surface area (Å²) in [7, 11) is 0. The Bertz CT molecular complexity index is 689. The van der Waals surface area contributed by atoms with Gasteiger partial charge in [-0.05, 0) is 43.4 Å². The predicted octanol–water partition coefficient (Wildman–Crippen LogP) is 3.63. The normalized spacial score (nSPS) is 21.1. The van der Waals surface area contributed by atoms with Gasteiger partial charge in [0.2, 0.25) is 5.91 Å². The van der Waals surface area contributed by atoms with Gasteiger partial charge in [-0.25, -0.2) is 0 Å². The van der Waals surface area contributed by atoms with Gasteiger partial charge in [-0.2, -0.15) is 0 Å². The number of rotatable bonds is 7. The first-order chi connectivity index (χ1) is 13.0. The summed E-state index contributed by atoms with van der Waals surface area (Å²) < 4.78 is 11.4. The molecule has 148 valence electrons. The Kier molecular flexibility index (Phi) is 6.73. The van der Waals surface area contributed by atoms with E-state index in [1.54, 1.807) is 23.1 Å². The quantitative estimate of drug-likeness (QED) is 0.766. The smallest absolute Gasteiger partial charge is 0.253 e. The van der Waals surface area contributed by atoms with E-state index < -0.39 is 6.10 Å². The molecule has 0 radical (unpaired) electrons. The average molecular weight is 395 g/mol. The molecule has 2 aliphatic rings. The van der Waals surface area contributed by atoms with Crippen molar-refractivity contribution in [2.45, 2.75) is 51.7 Å². The molecule has 27 heavy (non-hydrogen) atoms. The molecule has 0 saturated carbocycles. The number of anilines is 2. The highest BCUT2D eigenvalue weighted by Gasteiger charge is 2.27. The van der Waals surface area contributed by atoms with Gasteiger partial charge >= 0.3 is 0 Å². The number of nitrogens with one attached hydrogen (secondary N) is 1. The second-order valence-electron chi connectivity index (χ2n) is 7.44. The molecule has 3 rings (SSSR count). The van der Waals surface area contributed by atoms with Crippen molar-refractivity contribution in [2.75, 3.05) is 30.0 Å². The Balaban J connectivity index is 1.67. The number of ether oxygens (including phenoxy) is 2. The zero-order chi connectivity index (χ0) is 19.4. The van der Waals surface area contributed by atoms with Gasteiger partial charge in [-0.3, -0.25) is 9.59 Å². The molecule has 0 aliphatic carbocycles. The van der Waals surface area contributed by atoms with E-state index in [2.05, 4.69) is 5.32 Å². The Morgan fingerprint density at radius 3 is 2.85 bits per heavy atom. The van der Waals surface area contributed by atoms with E-state index in [4.69, 9.17) is 21.1 Å². The zero-order valence-corrected chi connectivity index (χ0v) is 16.6. The van der Waals surface area contributed by atoms with Crippen molar-refractivity contribution in [1.29, 1.82) is 0 Å². The molecular weight excluding hydrogens is 368 g/mol. The van der Waals surface area contributed by atoms with Gasteiger partial charge in [-0.15, -0.1) is 0 Å². The number of nitrogens with zero attached hydrogens (tertiary/aromatic N) is 1. The third-order valence-electron chi connectivity index (χ3n) is 4.94. The number of halogens is 1. The molecule has 1 N–H and O–H groups in total. The molecule has 1 aromatic rings. The van der Waals surface area contributed by atoms with Crippen LogP contribution in [-0.2, 0) is 19.1 Å². The van der Waals surface area contributed by atoms with Crippen molar-refractivity contribution in [1.82, 2.24) is 0 Å². The molecule has 2 atom stereocenters. The zero-order valence-electron chi connectivity index (χ0n) is 15.9. The van der Waals surface area contributed by atoms with Crippen molar-refractivity contribution in [2.24, 2.45) is 5.92 Å². The number of amides is 2. The van der Waals surface area contributed by atoms with Crippen LogP contribution in [-0.4, -0.2) is 43.8 Å². The number of carbonyl (C=O) groups excluding carboxylic acids is 2. The molecule has 2 amide bonds. The van der Waals surface area contributed by atoms with Crippen molar-refractivity contribution >= 4 is 34.8 Å². The third-order valence-corrected chi connectivity index (χ3v) is 5.27. The highest BCUT2D eigenvalue weighted by Crippen LogP contribution is 2.30. The van der Waals surface area contributed by atoms with Crippen molar-refractivity contribution in [3.05, 3.63) is 23.2 Å². The molecule has 2 aliphatic heterocycles. The van der Waals surface area contributed by atoms with Crippen LogP contribution >= 0.6 is 11.6 Å². The Hall–Kier alpha value is -1.63. The van der Waals surface area contributed by atoms with Gasteiger partial charge in [0.25, 0.3) is 5.91 Å². The lowest BCUT2D eigenvalue weighted by Gasteiger charge is -2.23. The Morgan fingerprint density at radius 1 is 1.41 bits per heavy atom. The van der Waals surface area contributed by atoms with E-state index in [-0.39, 0.29) is 23.8 Å². The number of benzene rings is 1. The van der Waals surface area contributed by atoms with E-state index in [0.717, 1.165) is 31.6 Å². The molecule has 2 fully saturated rings. The van der Waals surface area contributed by atoms with Gasteiger partial charge < -0.3 is 19.7 Å². The van der Waals surface area contributed by atoms with E-state index in [1.807, 2.05) is 13.8 Å². The molecule has 0 aromatic heterocycles. The van der Waals surface area contributed by atoms with Crippen LogP contribution < -0.4 is 10.2 Å². The van der Waals surface area contributed by atoms with Crippen LogP contribution in [0.25, 0.3) is 0 Å². The highest BCUT2D eigenvalue weighted by molar-refractivity contribution is 6.34. The second-order valence-corrected chi connectivity index (χ2v) is 7.84. The van der Waals surface area contributed by atoms with Crippen LogP contribution in [0.3, 0.4) is 0 Å². The lowest BCUT2D eigenvalue weighted by atomic mass is 10.1. The van der Waals surface area contributed by atoms with E-state index >= 15 is 0 Å². The molecule has 0 spiro atoms. The molecule has 2 unspecified atom stereocenters. The average Bonchev–Trinajstić information content (AvgIpc) is 3.28. The minimum atomic E-state index is -0.595. The minimum absolute atomic E-state index is 0.00789. The lowest BCUT2D eigenvalue weighted by molar-refractivity contribution is -0.132. The van der Waals surface area contributed by atoms with Crippen molar-refractivity contribution in [3.63, 3.8) is 0 Å².